The molecule has 3 rings (SSSR count). The summed E-state index contributed by atoms with van der Waals surface area (Å²) in [7, 11) is 2.13. The Bertz CT molecular complexity index is 536. The minimum absolute atomic E-state index is 0.678. The van der Waals surface area contributed by atoms with Gasteiger partial charge in [0.15, 0.2) is 5.82 Å². The van der Waals surface area contributed by atoms with Crippen molar-refractivity contribution in [3.05, 3.63) is 30.9 Å². The van der Waals surface area contributed by atoms with Gasteiger partial charge in [0.1, 0.15) is 6.33 Å². The van der Waals surface area contributed by atoms with Crippen LogP contribution in [0.5, 0.6) is 0 Å². The van der Waals surface area contributed by atoms with Gasteiger partial charge in [-0.05, 0) is 19.2 Å². The number of aromatic nitrogens is 4. The Kier molecular flexibility index (Phi) is 3.33. The van der Waals surface area contributed by atoms with Gasteiger partial charge < -0.3 is 9.80 Å². The lowest BCUT2D eigenvalue weighted by atomic mass is 10.3. The van der Waals surface area contributed by atoms with E-state index in [0.29, 0.717) is 5.82 Å². The smallest absolute Gasteiger partial charge is 0.228 e. The van der Waals surface area contributed by atoms with Crippen LogP contribution in [0.4, 0.5) is 5.95 Å². The van der Waals surface area contributed by atoms with Crippen molar-refractivity contribution in [1.29, 1.82) is 0 Å². The van der Waals surface area contributed by atoms with Crippen LogP contribution in [0.25, 0.3) is 11.4 Å². The molecule has 0 aromatic carbocycles. The molecule has 0 amide bonds. The summed E-state index contributed by atoms with van der Waals surface area (Å²) in [6.07, 6.45) is 5.08. The van der Waals surface area contributed by atoms with Crippen molar-refractivity contribution in [2.45, 2.75) is 0 Å². The molecule has 1 aliphatic heterocycles. The highest BCUT2D eigenvalue weighted by molar-refractivity contribution is 5.54. The van der Waals surface area contributed by atoms with Gasteiger partial charge in [-0.15, -0.1) is 0 Å². The normalized spacial score (nSPS) is 16.6. The summed E-state index contributed by atoms with van der Waals surface area (Å²) in [5.74, 6) is 1.43. The number of piperazine rings is 1. The third-order valence-electron chi connectivity index (χ3n) is 3.26. The molecule has 19 heavy (non-hydrogen) atoms. The lowest BCUT2D eigenvalue weighted by molar-refractivity contribution is 0.311. The molecule has 1 saturated heterocycles. The quantitative estimate of drug-likeness (QED) is 0.787. The van der Waals surface area contributed by atoms with Crippen molar-refractivity contribution in [2.24, 2.45) is 0 Å². The molecule has 0 aliphatic carbocycles. The summed E-state index contributed by atoms with van der Waals surface area (Å²) in [5, 5.41) is 0. The molecule has 0 bridgehead atoms. The number of nitrogens with zero attached hydrogens (tertiary/aromatic N) is 6. The molecule has 0 N–H and O–H groups in total. The van der Waals surface area contributed by atoms with Crippen LogP contribution in [0.2, 0.25) is 0 Å². The van der Waals surface area contributed by atoms with Gasteiger partial charge in [-0.2, -0.15) is 4.98 Å². The number of likely N-dealkylation sites (N-methyl/N-ethyl adjacent to an activating group) is 1. The maximum Gasteiger partial charge on any atom is 0.228 e. The van der Waals surface area contributed by atoms with Gasteiger partial charge in [-0.1, -0.05) is 0 Å². The molecule has 6 nitrogen and oxygen atoms in total. The van der Waals surface area contributed by atoms with E-state index < -0.39 is 0 Å². The largest absolute Gasteiger partial charge is 0.338 e. The predicted molar refractivity (Wildman–Crippen MR) is 72.8 cm³/mol. The average molecular weight is 256 g/mol. The fraction of sp³-hybridized carbons (Fsp3) is 0.385. The van der Waals surface area contributed by atoms with Crippen LogP contribution < -0.4 is 4.90 Å². The van der Waals surface area contributed by atoms with Gasteiger partial charge in [-0.3, -0.25) is 4.98 Å². The molecule has 2 aromatic rings. The first-order valence-electron chi connectivity index (χ1n) is 6.36. The molecule has 1 aliphatic rings. The van der Waals surface area contributed by atoms with E-state index in [2.05, 4.69) is 36.8 Å². The van der Waals surface area contributed by atoms with Crippen LogP contribution in [-0.4, -0.2) is 58.1 Å². The zero-order chi connectivity index (χ0) is 13.1. The van der Waals surface area contributed by atoms with E-state index in [1.165, 1.54) is 0 Å². The molecule has 2 aromatic heterocycles. The van der Waals surface area contributed by atoms with Crippen LogP contribution >= 0.6 is 0 Å². The molecule has 3 heterocycles. The molecule has 1 fully saturated rings. The van der Waals surface area contributed by atoms with Crippen molar-refractivity contribution >= 4 is 5.95 Å². The van der Waals surface area contributed by atoms with Gasteiger partial charge in [0.2, 0.25) is 5.95 Å². The molecule has 0 radical (unpaired) electrons. The standard InChI is InChI=1S/C13H16N6/c1-18-5-7-19(8-6-18)13-16-10-15-12(17-13)11-3-2-4-14-9-11/h2-4,9-10H,5-8H2,1H3. The summed E-state index contributed by atoms with van der Waals surface area (Å²) < 4.78 is 0. The minimum atomic E-state index is 0.678. The summed E-state index contributed by atoms with van der Waals surface area (Å²) in [6.45, 7) is 3.97. The second-order valence-corrected chi connectivity index (χ2v) is 4.64. The van der Waals surface area contributed by atoms with Crippen molar-refractivity contribution in [1.82, 2.24) is 24.8 Å². The number of pyridine rings is 1. The summed E-state index contributed by atoms with van der Waals surface area (Å²) in [5.41, 5.74) is 0.917. The second kappa shape index (κ2) is 5.27. The SMILES string of the molecule is CN1CCN(c2ncnc(-c3cccnc3)n2)CC1. The topological polar surface area (TPSA) is 58.0 Å². The van der Waals surface area contributed by atoms with Gasteiger partial charge in [0, 0.05) is 44.1 Å². The Morgan fingerprint density at radius 3 is 2.68 bits per heavy atom. The zero-order valence-electron chi connectivity index (χ0n) is 10.9. The highest BCUT2D eigenvalue weighted by Crippen LogP contribution is 2.16. The van der Waals surface area contributed by atoms with Gasteiger partial charge in [-0.25, -0.2) is 9.97 Å². The fourth-order valence-electron chi connectivity index (χ4n) is 2.08. The van der Waals surface area contributed by atoms with E-state index in [0.717, 1.165) is 37.7 Å². The van der Waals surface area contributed by atoms with Crippen LogP contribution in [-0.2, 0) is 0 Å². The molecular formula is C13H16N6. The first-order valence-corrected chi connectivity index (χ1v) is 6.36. The van der Waals surface area contributed by atoms with E-state index in [1.807, 2.05) is 12.1 Å². The third-order valence-corrected chi connectivity index (χ3v) is 3.26. The Labute approximate surface area is 112 Å². The number of anilines is 1. The third kappa shape index (κ3) is 2.68. The van der Waals surface area contributed by atoms with E-state index in [-0.39, 0.29) is 0 Å². The Morgan fingerprint density at radius 2 is 1.95 bits per heavy atom. The van der Waals surface area contributed by atoms with Crippen LogP contribution in [0.15, 0.2) is 30.9 Å². The van der Waals surface area contributed by atoms with Gasteiger partial charge in [0.25, 0.3) is 0 Å². The lowest BCUT2D eigenvalue weighted by Gasteiger charge is -2.32. The fourth-order valence-corrected chi connectivity index (χ4v) is 2.08. The first kappa shape index (κ1) is 12.0. The highest BCUT2D eigenvalue weighted by Gasteiger charge is 2.17. The Morgan fingerprint density at radius 1 is 1.11 bits per heavy atom. The summed E-state index contributed by atoms with van der Waals surface area (Å²) >= 11 is 0. The monoisotopic (exact) mass is 256 g/mol. The predicted octanol–water partition coefficient (Wildman–Crippen LogP) is 0.685. The van der Waals surface area contributed by atoms with Crippen molar-refractivity contribution in [3.63, 3.8) is 0 Å². The minimum Gasteiger partial charge on any atom is -0.338 e. The number of hydrogen-bond acceptors (Lipinski definition) is 6. The second-order valence-electron chi connectivity index (χ2n) is 4.64. The van der Waals surface area contributed by atoms with Gasteiger partial charge >= 0.3 is 0 Å². The number of hydrogen-bond donors (Lipinski definition) is 0. The molecule has 0 atom stereocenters. The molecule has 0 spiro atoms. The van der Waals surface area contributed by atoms with Crippen LogP contribution in [0, 0.1) is 0 Å². The van der Waals surface area contributed by atoms with Crippen LogP contribution in [0.3, 0.4) is 0 Å². The van der Waals surface area contributed by atoms with E-state index in [1.54, 1.807) is 18.7 Å². The Hall–Kier alpha value is -2.08. The van der Waals surface area contributed by atoms with E-state index in [9.17, 15) is 0 Å². The van der Waals surface area contributed by atoms with E-state index in [4.69, 9.17) is 0 Å². The lowest BCUT2D eigenvalue weighted by Crippen LogP contribution is -2.45. The first-order chi connectivity index (χ1) is 9.33. The summed E-state index contributed by atoms with van der Waals surface area (Å²) in [6, 6.07) is 3.84. The van der Waals surface area contributed by atoms with Crippen LogP contribution in [0.1, 0.15) is 0 Å². The molecule has 98 valence electrons. The maximum absolute atomic E-state index is 4.54. The van der Waals surface area contributed by atoms with Crippen molar-refractivity contribution in [3.8, 4) is 11.4 Å². The number of rotatable bonds is 2. The summed E-state index contributed by atoms with van der Waals surface area (Å²) in [4.78, 5) is 21.6. The maximum atomic E-state index is 4.54. The van der Waals surface area contributed by atoms with Crippen molar-refractivity contribution in [2.75, 3.05) is 38.1 Å². The van der Waals surface area contributed by atoms with Crippen molar-refractivity contribution < 1.29 is 0 Å². The van der Waals surface area contributed by atoms with E-state index >= 15 is 0 Å². The Balaban J connectivity index is 1.84. The molecule has 6 heteroatoms. The molecule has 0 unspecified atom stereocenters. The zero-order valence-corrected chi connectivity index (χ0v) is 10.9. The molecule has 0 saturated carbocycles. The molecular weight excluding hydrogens is 240 g/mol. The highest BCUT2D eigenvalue weighted by atomic mass is 15.3. The van der Waals surface area contributed by atoms with Gasteiger partial charge in [0.05, 0.1) is 0 Å². The average Bonchev–Trinajstić information content (AvgIpc) is 2.49.